The van der Waals surface area contributed by atoms with E-state index in [1.165, 1.54) is 12.3 Å². The van der Waals surface area contributed by atoms with Crippen molar-refractivity contribution in [1.29, 1.82) is 0 Å². The van der Waals surface area contributed by atoms with Crippen LogP contribution in [0, 0.1) is 23.6 Å². The number of aromatic carboxylic acids is 1. The van der Waals surface area contributed by atoms with Gasteiger partial charge in [0.05, 0.1) is 16.9 Å². The van der Waals surface area contributed by atoms with Gasteiger partial charge in [-0.3, -0.25) is 4.79 Å². The maximum Gasteiger partial charge on any atom is 0.341 e. The monoisotopic (exact) mass is 413 g/mol. The molecule has 1 fully saturated rings. The van der Waals surface area contributed by atoms with Gasteiger partial charge in [0.15, 0.2) is 11.6 Å². The molecule has 1 aromatic carbocycles. The fraction of sp³-hybridized carbons (Fsp3) is 0.455. The van der Waals surface area contributed by atoms with Crippen LogP contribution in [0.4, 0.5) is 10.1 Å². The molecule has 5 rings (SSSR count). The molecule has 30 heavy (non-hydrogen) atoms. The van der Waals surface area contributed by atoms with Crippen LogP contribution in [0.25, 0.3) is 10.9 Å². The minimum atomic E-state index is -1.32. The van der Waals surface area contributed by atoms with E-state index in [1.54, 1.807) is 4.57 Å². The number of fused-ring (bicyclic) bond motifs is 1. The normalized spacial score (nSPS) is 27.2. The van der Waals surface area contributed by atoms with E-state index in [4.69, 9.17) is 10.5 Å². The van der Waals surface area contributed by atoms with Gasteiger partial charge in [0.2, 0.25) is 5.43 Å². The molecule has 1 aliphatic carbocycles. The summed E-state index contributed by atoms with van der Waals surface area (Å²) in [5.74, 6) is -0.551. The number of hydrogen-bond donors (Lipinski definition) is 2. The molecule has 2 aliphatic heterocycles. The number of anilines is 1. The first kappa shape index (κ1) is 19.1. The lowest BCUT2D eigenvalue weighted by molar-refractivity contribution is 0.0694. The van der Waals surface area contributed by atoms with Crippen LogP contribution in [0.5, 0.6) is 5.75 Å². The summed E-state index contributed by atoms with van der Waals surface area (Å²) in [5, 5.41) is 9.45. The summed E-state index contributed by atoms with van der Waals surface area (Å²) < 4.78 is 23.1. The number of aromatic nitrogens is 1. The van der Waals surface area contributed by atoms with E-state index in [-0.39, 0.29) is 23.6 Å². The van der Waals surface area contributed by atoms with Gasteiger partial charge in [-0.1, -0.05) is 12.2 Å². The lowest BCUT2D eigenvalue weighted by atomic mass is 9.78. The van der Waals surface area contributed by atoms with Crippen LogP contribution in [-0.4, -0.2) is 41.9 Å². The van der Waals surface area contributed by atoms with Crippen molar-refractivity contribution in [3.05, 3.63) is 46.0 Å². The van der Waals surface area contributed by atoms with Gasteiger partial charge in [-0.25, -0.2) is 9.18 Å². The lowest BCUT2D eigenvalue weighted by Crippen LogP contribution is -2.31. The van der Waals surface area contributed by atoms with Gasteiger partial charge in [0.1, 0.15) is 17.9 Å². The summed E-state index contributed by atoms with van der Waals surface area (Å²) in [5.41, 5.74) is 5.72. The summed E-state index contributed by atoms with van der Waals surface area (Å²) in [4.78, 5) is 26.3. The number of nitrogens with zero attached hydrogens (tertiary/aromatic N) is 2. The minimum Gasteiger partial charge on any atom is -0.487 e. The quantitative estimate of drug-likeness (QED) is 0.750. The first-order valence-electron chi connectivity index (χ1n) is 10.3. The molecule has 2 aromatic rings. The summed E-state index contributed by atoms with van der Waals surface area (Å²) in [6, 6.07) is 0.988. The molecule has 4 atom stereocenters. The zero-order chi connectivity index (χ0) is 21.2. The second-order valence-corrected chi connectivity index (χ2v) is 8.57. The predicted molar refractivity (Wildman–Crippen MR) is 111 cm³/mol. The number of benzene rings is 1. The number of pyridine rings is 1. The molecule has 158 valence electrons. The molecule has 3 N–H and O–H groups in total. The number of carboxylic acid groups (broad SMARTS) is 1. The van der Waals surface area contributed by atoms with Gasteiger partial charge < -0.3 is 25.0 Å². The number of carbonyl (C=O) groups is 1. The van der Waals surface area contributed by atoms with Gasteiger partial charge in [0.25, 0.3) is 0 Å². The molecule has 8 heteroatoms. The number of ether oxygens (including phenoxy) is 1. The van der Waals surface area contributed by atoms with Crippen LogP contribution in [0.1, 0.15) is 29.7 Å². The predicted octanol–water partition coefficient (Wildman–Crippen LogP) is 2.38. The standard InChI is InChI=1S/C22H24FN3O4/c1-11-10-30-21-18-14(20(27)16(22(28)29)9-26(11)18)5-17(23)19(21)25-7-13-4-2-3-12(6-24)15(13)8-25/h2,4-5,9,11-13,15H,3,6-8,10,24H2,1H3,(H,28,29). The Labute approximate surface area is 172 Å². The third kappa shape index (κ3) is 2.66. The maximum atomic E-state index is 15.4. The molecular weight excluding hydrogens is 389 g/mol. The van der Waals surface area contributed by atoms with Crippen molar-refractivity contribution >= 4 is 22.6 Å². The highest BCUT2D eigenvalue weighted by Gasteiger charge is 2.40. The summed E-state index contributed by atoms with van der Waals surface area (Å²) >= 11 is 0. The number of hydrogen-bond acceptors (Lipinski definition) is 5. The molecule has 3 aliphatic rings. The third-order valence-corrected chi connectivity index (χ3v) is 6.83. The van der Waals surface area contributed by atoms with Crippen LogP contribution < -0.4 is 20.8 Å². The van der Waals surface area contributed by atoms with Gasteiger partial charge in [-0.2, -0.15) is 0 Å². The highest BCUT2D eigenvalue weighted by Crippen LogP contribution is 2.46. The average Bonchev–Trinajstić information content (AvgIpc) is 3.15. The van der Waals surface area contributed by atoms with Crippen molar-refractivity contribution in [2.75, 3.05) is 31.1 Å². The Morgan fingerprint density at radius 1 is 1.40 bits per heavy atom. The Kier molecular flexibility index (Phi) is 4.36. The second-order valence-electron chi connectivity index (χ2n) is 8.57. The molecule has 1 saturated heterocycles. The fourth-order valence-corrected chi connectivity index (χ4v) is 5.27. The van der Waals surface area contributed by atoms with Crippen LogP contribution in [0.2, 0.25) is 0 Å². The second kappa shape index (κ2) is 6.84. The lowest BCUT2D eigenvalue weighted by Gasteiger charge is -2.31. The highest BCUT2D eigenvalue weighted by molar-refractivity contribution is 5.97. The number of allylic oxidation sites excluding steroid dienone is 1. The van der Waals surface area contributed by atoms with Gasteiger partial charge in [-0.05, 0) is 43.7 Å². The minimum absolute atomic E-state index is 0.0362. The highest BCUT2D eigenvalue weighted by atomic mass is 19.1. The molecule has 1 aromatic heterocycles. The molecule has 0 spiro atoms. The zero-order valence-corrected chi connectivity index (χ0v) is 16.7. The molecule has 0 radical (unpaired) electrons. The molecule has 0 amide bonds. The van der Waals surface area contributed by atoms with E-state index in [2.05, 4.69) is 12.2 Å². The number of nitrogens with two attached hydrogens (primary N) is 1. The summed E-state index contributed by atoms with van der Waals surface area (Å²) in [6.45, 7) is 4.07. The van der Waals surface area contributed by atoms with E-state index >= 15 is 4.39 Å². The van der Waals surface area contributed by atoms with Gasteiger partial charge >= 0.3 is 5.97 Å². The number of carboxylic acids is 1. The van der Waals surface area contributed by atoms with Crippen LogP contribution in [0.15, 0.2) is 29.2 Å². The summed E-state index contributed by atoms with van der Waals surface area (Å²) in [7, 11) is 0. The first-order chi connectivity index (χ1) is 14.4. The van der Waals surface area contributed by atoms with Crippen molar-refractivity contribution in [2.45, 2.75) is 19.4 Å². The summed E-state index contributed by atoms with van der Waals surface area (Å²) in [6.07, 6.45) is 6.64. The van der Waals surface area contributed by atoms with Crippen LogP contribution in [0.3, 0.4) is 0 Å². The van der Waals surface area contributed by atoms with Crippen molar-refractivity contribution in [3.63, 3.8) is 0 Å². The SMILES string of the molecule is CC1COc2c(N3CC4C=CCC(CN)C4C3)c(F)cc3c(=O)c(C(=O)O)cn1c23. The topological polar surface area (TPSA) is 97.8 Å². The Bertz CT molecular complexity index is 1140. The Hall–Kier alpha value is -2.87. The first-order valence-corrected chi connectivity index (χ1v) is 10.3. The molecule has 3 heterocycles. The average molecular weight is 413 g/mol. The number of halogens is 1. The fourth-order valence-electron chi connectivity index (χ4n) is 5.27. The van der Waals surface area contributed by atoms with Crippen molar-refractivity contribution in [3.8, 4) is 5.75 Å². The van der Waals surface area contributed by atoms with Crippen LogP contribution >= 0.6 is 0 Å². The van der Waals surface area contributed by atoms with Gasteiger partial charge in [-0.15, -0.1) is 0 Å². The third-order valence-electron chi connectivity index (χ3n) is 6.83. The van der Waals surface area contributed by atoms with Crippen molar-refractivity contribution in [1.82, 2.24) is 4.57 Å². The van der Waals surface area contributed by atoms with E-state index in [9.17, 15) is 14.7 Å². The molecule has 7 nitrogen and oxygen atoms in total. The molecule has 4 unspecified atom stereocenters. The maximum absolute atomic E-state index is 15.4. The molecule has 0 saturated carbocycles. The van der Waals surface area contributed by atoms with E-state index in [0.29, 0.717) is 54.3 Å². The van der Waals surface area contributed by atoms with E-state index in [1.807, 2.05) is 11.8 Å². The van der Waals surface area contributed by atoms with E-state index < -0.39 is 17.2 Å². The van der Waals surface area contributed by atoms with Crippen molar-refractivity contribution in [2.24, 2.45) is 23.5 Å². The Morgan fingerprint density at radius 2 is 2.20 bits per heavy atom. The number of rotatable bonds is 3. The zero-order valence-electron chi connectivity index (χ0n) is 16.7. The van der Waals surface area contributed by atoms with Gasteiger partial charge in [0, 0.05) is 19.3 Å². The molecule has 0 bridgehead atoms. The van der Waals surface area contributed by atoms with Crippen molar-refractivity contribution < 1.29 is 19.0 Å². The Balaban J connectivity index is 1.69. The van der Waals surface area contributed by atoms with E-state index in [0.717, 1.165) is 6.42 Å². The smallest absolute Gasteiger partial charge is 0.341 e. The Morgan fingerprint density at radius 3 is 2.93 bits per heavy atom. The molecular formula is C22H24FN3O4. The van der Waals surface area contributed by atoms with Crippen LogP contribution in [-0.2, 0) is 0 Å². The largest absolute Gasteiger partial charge is 0.487 e.